The van der Waals surface area contributed by atoms with Gasteiger partial charge in [0.1, 0.15) is 0 Å². The van der Waals surface area contributed by atoms with E-state index in [9.17, 15) is 5.11 Å². The van der Waals surface area contributed by atoms with Crippen molar-refractivity contribution >= 4 is 41.7 Å². The van der Waals surface area contributed by atoms with Gasteiger partial charge in [0.25, 0.3) is 0 Å². The number of guanidine groups is 1. The molecule has 0 amide bonds. The summed E-state index contributed by atoms with van der Waals surface area (Å²) in [4.78, 5) is 4.88. The van der Waals surface area contributed by atoms with Crippen molar-refractivity contribution in [1.29, 1.82) is 0 Å². The third-order valence-corrected chi connectivity index (χ3v) is 5.95. The minimum absolute atomic E-state index is 0. The summed E-state index contributed by atoms with van der Waals surface area (Å²) in [6, 6.07) is 0. The average molecular weight is 487 g/mol. The SMILES string of the molecule is CCCC(CCO)CNC(=NCC1(SCC)CCOCC1)NCC.I. The van der Waals surface area contributed by atoms with Gasteiger partial charge >= 0.3 is 0 Å². The fourth-order valence-corrected chi connectivity index (χ4v) is 4.37. The summed E-state index contributed by atoms with van der Waals surface area (Å²) >= 11 is 2.02. The van der Waals surface area contributed by atoms with Crippen LogP contribution in [-0.4, -0.2) is 61.0 Å². The maximum absolute atomic E-state index is 9.21. The molecule has 1 aliphatic heterocycles. The van der Waals surface area contributed by atoms with Crippen LogP contribution in [0.25, 0.3) is 0 Å². The monoisotopic (exact) mass is 487 g/mol. The Morgan fingerprint density at radius 3 is 2.48 bits per heavy atom. The van der Waals surface area contributed by atoms with Crippen molar-refractivity contribution in [1.82, 2.24) is 10.6 Å². The fourth-order valence-electron chi connectivity index (χ4n) is 3.14. The molecular formula is C18H38IN3O2S. The number of thioether (sulfide) groups is 1. The number of rotatable bonds is 11. The lowest BCUT2D eigenvalue weighted by molar-refractivity contribution is 0.0793. The minimum Gasteiger partial charge on any atom is -0.396 e. The van der Waals surface area contributed by atoms with Crippen molar-refractivity contribution in [3.8, 4) is 0 Å². The highest BCUT2D eigenvalue weighted by atomic mass is 127. The van der Waals surface area contributed by atoms with E-state index in [-0.39, 0.29) is 35.3 Å². The molecule has 1 atom stereocenters. The quantitative estimate of drug-likeness (QED) is 0.237. The van der Waals surface area contributed by atoms with Gasteiger partial charge in [-0.2, -0.15) is 11.8 Å². The number of hydrogen-bond donors (Lipinski definition) is 3. The highest BCUT2D eigenvalue weighted by Gasteiger charge is 2.32. The summed E-state index contributed by atoms with van der Waals surface area (Å²) in [6.07, 6.45) is 5.30. The predicted molar refractivity (Wildman–Crippen MR) is 120 cm³/mol. The highest BCUT2D eigenvalue weighted by molar-refractivity contribution is 14.0. The Labute approximate surface area is 175 Å². The topological polar surface area (TPSA) is 65.9 Å². The van der Waals surface area contributed by atoms with Crippen LogP contribution >= 0.6 is 35.7 Å². The molecular weight excluding hydrogens is 449 g/mol. The molecule has 0 saturated carbocycles. The number of aliphatic imine (C=N–C) groups is 1. The van der Waals surface area contributed by atoms with Gasteiger partial charge in [0.15, 0.2) is 5.96 Å². The van der Waals surface area contributed by atoms with Crippen molar-refractivity contribution < 1.29 is 9.84 Å². The molecule has 1 unspecified atom stereocenters. The Balaban J connectivity index is 0.00000576. The number of nitrogens with one attached hydrogen (secondary N) is 2. The summed E-state index contributed by atoms with van der Waals surface area (Å²) in [7, 11) is 0. The first kappa shape index (κ1) is 25.3. The molecule has 3 N–H and O–H groups in total. The van der Waals surface area contributed by atoms with Gasteiger partial charge in [0, 0.05) is 37.7 Å². The fraction of sp³-hybridized carbons (Fsp3) is 0.944. The second-order valence-electron chi connectivity index (χ2n) is 6.47. The second kappa shape index (κ2) is 15.3. The highest BCUT2D eigenvalue weighted by Crippen LogP contribution is 2.35. The molecule has 25 heavy (non-hydrogen) atoms. The first-order valence-corrected chi connectivity index (χ1v) is 10.5. The molecule has 0 bridgehead atoms. The Morgan fingerprint density at radius 2 is 1.92 bits per heavy atom. The van der Waals surface area contributed by atoms with E-state index in [2.05, 4.69) is 31.4 Å². The molecule has 0 aromatic rings. The standard InChI is InChI=1S/C18H37N3O2S.HI/c1-4-7-16(8-11-22)14-20-17(19-5-2)21-15-18(24-6-3)9-12-23-13-10-18;/h16,22H,4-15H2,1-3H3,(H2,19,20,21);1H. The van der Waals surface area contributed by atoms with Crippen molar-refractivity contribution in [2.24, 2.45) is 10.9 Å². The van der Waals surface area contributed by atoms with E-state index in [1.807, 2.05) is 11.8 Å². The summed E-state index contributed by atoms with van der Waals surface area (Å²) in [6.45, 7) is 11.0. The Hall–Kier alpha value is 0.270. The lowest BCUT2D eigenvalue weighted by atomic mass is 9.99. The third kappa shape index (κ3) is 10.2. The number of halogens is 1. The van der Waals surface area contributed by atoms with Gasteiger partial charge in [-0.25, -0.2) is 0 Å². The van der Waals surface area contributed by atoms with Crippen molar-refractivity contribution in [3.05, 3.63) is 0 Å². The van der Waals surface area contributed by atoms with Gasteiger partial charge in [0.2, 0.25) is 0 Å². The third-order valence-electron chi connectivity index (χ3n) is 4.52. The molecule has 1 fully saturated rings. The zero-order valence-electron chi connectivity index (χ0n) is 16.2. The lowest BCUT2D eigenvalue weighted by Gasteiger charge is -2.35. The van der Waals surface area contributed by atoms with Crippen LogP contribution in [0.15, 0.2) is 4.99 Å². The van der Waals surface area contributed by atoms with Crippen LogP contribution in [0.5, 0.6) is 0 Å². The first-order chi connectivity index (χ1) is 11.7. The summed E-state index contributed by atoms with van der Waals surface area (Å²) in [5.41, 5.74) is 0. The lowest BCUT2D eigenvalue weighted by Crippen LogP contribution is -2.42. The molecule has 1 heterocycles. The average Bonchev–Trinajstić information content (AvgIpc) is 2.59. The Bertz CT molecular complexity index is 342. The van der Waals surface area contributed by atoms with E-state index in [1.165, 1.54) is 0 Å². The first-order valence-electron chi connectivity index (χ1n) is 9.54. The minimum atomic E-state index is 0. The van der Waals surface area contributed by atoms with Crippen molar-refractivity contribution in [2.75, 3.05) is 45.2 Å². The van der Waals surface area contributed by atoms with Crippen LogP contribution in [0, 0.1) is 5.92 Å². The number of aliphatic hydroxyl groups is 1. The zero-order chi connectivity index (χ0) is 17.7. The van der Waals surface area contributed by atoms with Gasteiger partial charge in [-0.15, -0.1) is 24.0 Å². The van der Waals surface area contributed by atoms with Crippen LogP contribution in [0.1, 0.15) is 52.9 Å². The van der Waals surface area contributed by atoms with Crippen molar-refractivity contribution in [3.63, 3.8) is 0 Å². The van der Waals surface area contributed by atoms with E-state index >= 15 is 0 Å². The van der Waals surface area contributed by atoms with E-state index in [0.717, 1.165) is 76.7 Å². The van der Waals surface area contributed by atoms with Crippen LogP contribution in [0.3, 0.4) is 0 Å². The molecule has 1 rings (SSSR count). The van der Waals surface area contributed by atoms with E-state index in [1.54, 1.807) is 0 Å². The predicted octanol–water partition coefficient (Wildman–Crippen LogP) is 3.26. The number of aliphatic hydroxyl groups excluding tert-OH is 1. The van der Waals surface area contributed by atoms with Crippen molar-refractivity contribution in [2.45, 2.75) is 57.6 Å². The van der Waals surface area contributed by atoms with E-state index in [0.29, 0.717) is 5.92 Å². The molecule has 150 valence electrons. The molecule has 0 aromatic carbocycles. The normalized spacial score (nSPS) is 18.3. The molecule has 5 nitrogen and oxygen atoms in total. The maximum Gasteiger partial charge on any atom is 0.191 e. The number of ether oxygens (including phenoxy) is 1. The molecule has 0 radical (unpaired) electrons. The van der Waals surface area contributed by atoms with Gasteiger partial charge < -0.3 is 20.5 Å². The summed E-state index contributed by atoms with van der Waals surface area (Å²) in [5.74, 6) is 2.53. The summed E-state index contributed by atoms with van der Waals surface area (Å²) < 4.78 is 5.77. The van der Waals surface area contributed by atoms with Gasteiger partial charge in [-0.1, -0.05) is 20.3 Å². The molecule has 7 heteroatoms. The van der Waals surface area contributed by atoms with Gasteiger partial charge in [-0.3, -0.25) is 4.99 Å². The maximum atomic E-state index is 9.21. The second-order valence-corrected chi connectivity index (χ2v) is 8.20. The molecule has 0 spiro atoms. The smallest absolute Gasteiger partial charge is 0.191 e. The molecule has 1 saturated heterocycles. The van der Waals surface area contributed by atoms with Crippen LogP contribution in [0.4, 0.5) is 0 Å². The molecule has 1 aliphatic rings. The van der Waals surface area contributed by atoms with Gasteiger partial charge in [0.05, 0.1) is 6.54 Å². The van der Waals surface area contributed by atoms with E-state index in [4.69, 9.17) is 9.73 Å². The Morgan fingerprint density at radius 1 is 1.20 bits per heavy atom. The summed E-state index contributed by atoms with van der Waals surface area (Å²) in [5, 5.41) is 16.0. The molecule has 0 aromatic heterocycles. The largest absolute Gasteiger partial charge is 0.396 e. The van der Waals surface area contributed by atoms with Crippen LogP contribution < -0.4 is 10.6 Å². The van der Waals surface area contributed by atoms with Gasteiger partial charge in [-0.05, 0) is 44.3 Å². The van der Waals surface area contributed by atoms with Crippen LogP contribution in [-0.2, 0) is 4.74 Å². The number of hydrogen-bond acceptors (Lipinski definition) is 4. The Kier molecular flexibility index (Phi) is 15.5. The number of nitrogens with zero attached hydrogens (tertiary/aromatic N) is 1. The van der Waals surface area contributed by atoms with Crippen LogP contribution in [0.2, 0.25) is 0 Å². The zero-order valence-corrected chi connectivity index (χ0v) is 19.3. The van der Waals surface area contributed by atoms with E-state index < -0.39 is 0 Å². The molecule has 0 aliphatic carbocycles.